The first kappa shape index (κ1) is 11.8. The highest BCUT2D eigenvalue weighted by Gasteiger charge is 2.23. The molecule has 0 radical (unpaired) electrons. The molecular weight excluding hydrogens is 158 g/mol. The second-order valence-electron chi connectivity index (χ2n) is 3.38. The van der Waals surface area contributed by atoms with Crippen LogP contribution in [-0.4, -0.2) is 48.7 Å². The third kappa shape index (κ3) is 4.01. The lowest BCUT2D eigenvalue weighted by Crippen LogP contribution is -2.53. The first-order valence-corrected chi connectivity index (χ1v) is 4.06. The average Bonchev–Trinajstić information content (AvgIpc) is 2.05. The van der Waals surface area contributed by atoms with Crippen LogP contribution in [-0.2, 0) is 4.74 Å². The van der Waals surface area contributed by atoms with Crippen molar-refractivity contribution < 1.29 is 14.9 Å². The summed E-state index contributed by atoms with van der Waals surface area (Å²) >= 11 is 0. The number of aliphatic hydroxyl groups excluding tert-OH is 2. The van der Waals surface area contributed by atoms with Crippen LogP contribution in [0.5, 0.6) is 0 Å². The van der Waals surface area contributed by atoms with E-state index in [4.69, 9.17) is 14.9 Å². The Bertz CT molecular complexity index is 115. The van der Waals surface area contributed by atoms with Gasteiger partial charge in [-0.2, -0.15) is 0 Å². The van der Waals surface area contributed by atoms with Gasteiger partial charge in [0.2, 0.25) is 0 Å². The third-order valence-electron chi connectivity index (χ3n) is 1.71. The molecule has 4 nitrogen and oxygen atoms in total. The van der Waals surface area contributed by atoms with Crippen molar-refractivity contribution in [1.82, 2.24) is 5.32 Å². The van der Waals surface area contributed by atoms with Gasteiger partial charge in [-0.05, 0) is 13.8 Å². The Balaban J connectivity index is 3.84. The van der Waals surface area contributed by atoms with E-state index in [1.54, 1.807) is 14.0 Å². The molecule has 0 saturated carbocycles. The maximum absolute atomic E-state index is 8.94. The van der Waals surface area contributed by atoms with Crippen molar-refractivity contribution in [2.75, 3.05) is 26.9 Å². The minimum Gasteiger partial charge on any atom is -0.394 e. The summed E-state index contributed by atoms with van der Waals surface area (Å²) < 4.78 is 4.91. The number of methoxy groups -OCH3 is 1. The van der Waals surface area contributed by atoms with E-state index in [2.05, 4.69) is 5.32 Å². The Labute approximate surface area is 73.5 Å². The summed E-state index contributed by atoms with van der Waals surface area (Å²) in [6.45, 7) is 4.09. The van der Waals surface area contributed by atoms with Crippen molar-refractivity contribution in [1.29, 1.82) is 0 Å². The van der Waals surface area contributed by atoms with Gasteiger partial charge in [-0.15, -0.1) is 0 Å². The molecule has 0 rings (SSSR count). The number of aliphatic hydroxyl groups is 2. The molecular formula is C8H19NO3. The molecule has 0 amide bonds. The highest BCUT2D eigenvalue weighted by atomic mass is 16.5. The molecule has 0 aromatic carbocycles. The molecule has 0 heterocycles. The number of ether oxygens (including phenoxy) is 1. The molecule has 1 atom stereocenters. The van der Waals surface area contributed by atoms with Gasteiger partial charge in [-0.3, -0.25) is 0 Å². The lowest BCUT2D eigenvalue weighted by Gasteiger charge is -2.29. The van der Waals surface area contributed by atoms with Crippen LogP contribution < -0.4 is 5.32 Å². The molecule has 12 heavy (non-hydrogen) atoms. The normalized spacial score (nSPS) is 14.8. The topological polar surface area (TPSA) is 61.7 Å². The smallest absolute Gasteiger partial charge is 0.0633 e. The molecule has 0 bridgehead atoms. The Morgan fingerprint density at radius 3 is 2.25 bits per heavy atom. The van der Waals surface area contributed by atoms with Crippen molar-refractivity contribution in [3.63, 3.8) is 0 Å². The maximum atomic E-state index is 8.94. The summed E-state index contributed by atoms with van der Waals surface area (Å²) in [5.41, 5.74) is -0.613. The van der Waals surface area contributed by atoms with Crippen molar-refractivity contribution in [2.45, 2.75) is 25.4 Å². The summed E-state index contributed by atoms with van der Waals surface area (Å²) in [6, 6.07) is 0.124. The number of hydrogen-bond donors (Lipinski definition) is 3. The second-order valence-corrected chi connectivity index (χ2v) is 3.38. The molecule has 0 aliphatic rings. The van der Waals surface area contributed by atoms with Gasteiger partial charge in [0.1, 0.15) is 0 Å². The number of hydrogen-bond acceptors (Lipinski definition) is 4. The van der Waals surface area contributed by atoms with Gasteiger partial charge in [0.25, 0.3) is 0 Å². The predicted octanol–water partition coefficient (Wildman–Crippen LogP) is -0.646. The van der Waals surface area contributed by atoms with E-state index in [1.807, 2.05) is 6.92 Å². The van der Waals surface area contributed by atoms with E-state index in [0.717, 1.165) is 0 Å². The van der Waals surface area contributed by atoms with Gasteiger partial charge in [-0.25, -0.2) is 0 Å². The zero-order chi connectivity index (χ0) is 9.61. The largest absolute Gasteiger partial charge is 0.394 e. The molecule has 3 N–H and O–H groups in total. The Kier molecular flexibility index (Phi) is 5.41. The highest BCUT2D eigenvalue weighted by molar-refractivity contribution is 4.83. The standard InChI is InChI=1S/C8H19NO3/c1-7(4-12-3)9-8(2,5-10)6-11/h7,9-11H,4-6H2,1-3H3. The molecule has 0 aromatic heterocycles. The van der Waals surface area contributed by atoms with Crippen molar-refractivity contribution in [3.8, 4) is 0 Å². The fourth-order valence-electron chi connectivity index (χ4n) is 1.03. The minimum atomic E-state index is -0.613. The fraction of sp³-hybridized carbons (Fsp3) is 1.00. The van der Waals surface area contributed by atoms with Crippen molar-refractivity contribution in [3.05, 3.63) is 0 Å². The van der Waals surface area contributed by atoms with Gasteiger partial charge >= 0.3 is 0 Å². The Hall–Kier alpha value is -0.160. The summed E-state index contributed by atoms with van der Waals surface area (Å²) in [6.07, 6.45) is 0. The van der Waals surface area contributed by atoms with E-state index in [1.165, 1.54) is 0 Å². The Morgan fingerprint density at radius 1 is 1.42 bits per heavy atom. The van der Waals surface area contributed by atoms with Crippen LogP contribution in [0, 0.1) is 0 Å². The summed E-state index contributed by atoms with van der Waals surface area (Å²) in [7, 11) is 1.62. The number of nitrogens with one attached hydrogen (secondary N) is 1. The zero-order valence-corrected chi connectivity index (χ0v) is 8.00. The predicted molar refractivity (Wildman–Crippen MR) is 47.1 cm³/mol. The molecule has 1 unspecified atom stereocenters. The van der Waals surface area contributed by atoms with Crippen LogP contribution in [0.3, 0.4) is 0 Å². The second kappa shape index (κ2) is 5.48. The van der Waals surface area contributed by atoms with Crippen molar-refractivity contribution in [2.24, 2.45) is 0 Å². The summed E-state index contributed by atoms with van der Waals surface area (Å²) in [4.78, 5) is 0. The first-order chi connectivity index (χ1) is 5.58. The lowest BCUT2D eigenvalue weighted by molar-refractivity contribution is 0.0783. The fourth-order valence-corrected chi connectivity index (χ4v) is 1.03. The van der Waals surface area contributed by atoms with Gasteiger partial charge < -0.3 is 20.3 Å². The van der Waals surface area contributed by atoms with Gasteiger partial charge in [0, 0.05) is 13.2 Å². The van der Waals surface area contributed by atoms with E-state index >= 15 is 0 Å². The van der Waals surface area contributed by atoms with Crippen LogP contribution in [0.2, 0.25) is 0 Å². The zero-order valence-electron chi connectivity index (χ0n) is 8.00. The quantitative estimate of drug-likeness (QED) is 0.505. The van der Waals surface area contributed by atoms with Crippen LogP contribution in [0.4, 0.5) is 0 Å². The number of rotatable bonds is 6. The summed E-state index contributed by atoms with van der Waals surface area (Å²) in [5, 5.41) is 20.9. The monoisotopic (exact) mass is 177 g/mol. The van der Waals surface area contributed by atoms with Crippen LogP contribution in [0.1, 0.15) is 13.8 Å². The molecule has 0 aliphatic heterocycles. The minimum absolute atomic E-state index is 0.0858. The molecule has 0 aromatic rings. The van der Waals surface area contributed by atoms with Crippen LogP contribution in [0.25, 0.3) is 0 Å². The third-order valence-corrected chi connectivity index (χ3v) is 1.71. The molecule has 0 saturated heterocycles. The van der Waals surface area contributed by atoms with E-state index in [-0.39, 0.29) is 19.3 Å². The molecule has 4 heteroatoms. The van der Waals surface area contributed by atoms with E-state index in [9.17, 15) is 0 Å². The lowest BCUT2D eigenvalue weighted by atomic mass is 10.0. The highest BCUT2D eigenvalue weighted by Crippen LogP contribution is 2.02. The van der Waals surface area contributed by atoms with Gasteiger partial charge in [0.15, 0.2) is 0 Å². The van der Waals surface area contributed by atoms with Crippen LogP contribution in [0.15, 0.2) is 0 Å². The SMILES string of the molecule is COCC(C)NC(C)(CO)CO. The molecule has 74 valence electrons. The van der Waals surface area contributed by atoms with Gasteiger partial charge in [-0.1, -0.05) is 0 Å². The maximum Gasteiger partial charge on any atom is 0.0633 e. The average molecular weight is 177 g/mol. The Morgan fingerprint density at radius 2 is 1.92 bits per heavy atom. The molecule has 0 aliphatic carbocycles. The van der Waals surface area contributed by atoms with Crippen LogP contribution >= 0.6 is 0 Å². The van der Waals surface area contributed by atoms with Gasteiger partial charge in [0.05, 0.1) is 25.4 Å². The summed E-state index contributed by atoms with van der Waals surface area (Å²) in [5.74, 6) is 0. The first-order valence-electron chi connectivity index (χ1n) is 4.06. The molecule has 0 spiro atoms. The van der Waals surface area contributed by atoms with Crippen molar-refractivity contribution >= 4 is 0 Å². The molecule has 0 fully saturated rings. The van der Waals surface area contributed by atoms with E-state index in [0.29, 0.717) is 6.61 Å². The van der Waals surface area contributed by atoms with E-state index < -0.39 is 5.54 Å².